The van der Waals surface area contributed by atoms with E-state index in [4.69, 9.17) is 9.15 Å². The van der Waals surface area contributed by atoms with Crippen LogP contribution in [0.1, 0.15) is 42.1 Å². The van der Waals surface area contributed by atoms with Gasteiger partial charge in [0.1, 0.15) is 5.69 Å². The molecule has 1 atom stereocenters. The van der Waals surface area contributed by atoms with Gasteiger partial charge < -0.3 is 14.1 Å². The molecular weight excluding hydrogens is 388 g/mol. The fraction of sp³-hybridized carbons (Fsp3) is 0.286. The molecule has 1 saturated heterocycles. The summed E-state index contributed by atoms with van der Waals surface area (Å²) in [6, 6.07) is 13.6. The molecule has 154 valence electrons. The van der Waals surface area contributed by atoms with Gasteiger partial charge in [0.05, 0.1) is 10.5 Å². The van der Waals surface area contributed by atoms with Crippen molar-refractivity contribution in [1.29, 1.82) is 0 Å². The summed E-state index contributed by atoms with van der Waals surface area (Å²) in [6.45, 7) is 3.14. The molecule has 1 aliphatic heterocycles. The summed E-state index contributed by atoms with van der Waals surface area (Å²) in [6.07, 6.45) is 1.18. The Morgan fingerprint density at radius 3 is 2.60 bits per heavy atom. The number of hydrogen-bond donors (Lipinski definition) is 0. The average Bonchev–Trinajstić information content (AvgIpc) is 3.46. The SMILES string of the molecule is C[C@@H](OC(=O)c1ccc(N2CCCC2)c([N+](=O)[O-])c1)c1nnc(-c2ccccc2)o1. The van der Waals surface area contributed by atoms with Gasteiger partial charge in [-0.05, 0) is 44.0 Å². The van der Waals surface area contributed by atoms with E-state index in [-0.39, 0.29) is 17.1 Å². The summed E-state index contributed by atoms with van der Waals surface area (Å²) in [4.78, 5) is 25.6. The number of ether oxygens (including phenoxy) is 1. The van der Waals surface area contributed by atoms with Crippen molar-refractivity contribution in [2.75, 3.05) is 18.0 Å². The van der Waals surface area contributed by atoms with Crippen molar-refractivity contribution in [3.05, 3.63) is 70.1 Å². The molecule has 0 bridgehead atoms. The van der Waals surface area contributed by atoms with E-state index in [1.54, 1.807) is 19.1 Å². The first kappa shape index (κ1) is 19.6. The molecule has 1 fully saturated rings. The highest BCUT2D eigenvalue weighted by atomic mass is 16.6. The van der Waals surface area contributed by atoms with Crippen molar-refractivity contribution in [1.82, 2.24) is 10.2 Å². The van der Waals surface area contributed by atoms with Crippen LogP contribution in [0, 0.1) is 10.1 Å². The molecule has 0 saturated carbocycles. The van der Waals surface area contributed by atoms with Gasteiger partial charge in [-0.1, -0.05) is 18.2 Å². The van der Waals surface area contributed by atoms with E-state index in [0.29, 0.717) is 11.6 Å². The van der Waals surface area contributed by atoms with Crippen LogP contribution >= 0.6 is 0 Å². The Morgan fingerprint density at radius 2 is 1.90 bits per heavy atom. The lowest BCUT2D eigenvalue weighted by molar-refractivity contribution is -0.384. The lowest BCUT2D eigenvalue weighted by Gasteiger charge is -2.18. The first-order valence-electron chi connectivity index (χ1n) is 9.66. The van der Waals surface area contributed by atoms with Crippen LogP contribution in [0.2, 0.25) is 0 Å². The summed E-state index contributed by atoms with van der Waals surface area (Å²) < 4.78 is 11.0. The first-order chi connectivity index (χ1) is 14.5. The van der Waals surface area contributed by atoms with Gasteiger partial charge in [-0.15, -0.1) is 10.2 Å². The van der Waals surface area contributed by atoms with Crippen molar-refractivity contribution in [2.24, 2.45) is 0 Å². The topological polar surface area (TPSA) is 112 Å². The molecule has 9 nitrogen and oxygen atoms in total. The second-order valence-corrected chi connectivity index (χ2v) is 7.01. The number of benzene rings is 2. The van der Waals surface area contributed by atoms with Crippen LogP contribution < -0.4 is 4.90 Å². The van der Waals surface area contributed by atoms with Crippen molar-refractivity contribution < 1.29 is 18.9 Å². The van der Waals surface area contributed by atoms with Crippen LogP contribution in [0.25, 0.3) is 11.5 Å². The highest BCUT2D eigenvalue weighted by Gasteiger charge is 2.26. The van der Waals surface area contributed by atoms with Crippen LogP contribution in [0.4, 0.5) is 11.4 Å². The fourth-order valence-electron chi connectivity index (χ4n) is 3.40. The van der Waals surface area contributed by atoms with Gasteiger partial charge in [0, 0.05) is 24.7 Å². The van der Waals surface area contributed by atoms with Crippen LogP contribution in [0.5, 0.6) is 0 Å². The quantitative estimate of drug-likeness (QED) is 0.339. The lowest BCUT2D eigenvalue weighted by Crippen LogP contribution is -2.19. The molecule has 3 aromatic rings. The zero-order valence-electron chi connectivity index (χ0n) is 16.4. The van der Waals surface area contributed by atoms with E-state index in [1.165, 1.54) is 6.07 Å². The third-order valence-electron chi connectivity index (χ3n) is 4.95. The summed E-state index contributed by atoms with van der Waals surface area (Å²) >= 11 is 0. The molecule has 0 aliphatic carbocycles. The number of nitro benzene ring substituents is 1. The Labute approximate surface area is 172 Å². The maximum atomic E-state index is 12.6. The number of anilines is 1. The lowest BCUT2D eigenvalue weighted by atomic mass is 10.1. The second-order valence-electron chi connectivity index (χ2n) is 7.01. The van der Waals surface area contributed by atoms with Gasteiger partial charge in [-0.25, -0.2) is 4.79 Å². The molecule has 30 heavy (non-hydrogen) atoms. The van der Waals surface area contributed by atoms with E-state index < -0.39 is 17.0 Å². The number of nitrogens with zero attached hydrogens (tertiary/aromatic N) is 4. The standard InChI is InChI=1S/C21H20N4O5/c1-14(19-22-23-20(30-19)15-7-3-2-4-8-15)29-21(26)16-9-10-17(18(13-16)25(27)28)24-11-5-6-12-24/h2-4,7-10,13-14H,5-6,11-12H2,1H3/t14-/m1/s1. The third-order valence-corrected chi connectivity index (χ3v) is 4.95. The number of esters is 1. The molecule has 2 heterocycles. The smallest absolute Gasteiger partial charge is 0.339 e. The maximum Gasteiger partial charge on any atom is 0.339 e. The molecular formula is C21H20N4O5. The number of rotatable bonds is 6. The predicted molar refractivity (Wildman–Crippen MR) is 108 cm³/mol. The van der Waals surface area contributed by atoms with Gasteiger partial charge in [-0.2, -0.15) is 0 Å². The molecule has 4 rings (SSSR count). The van der Waals surface area contributed by atoms with Gasteiger partial charge >= 0.3 is 5.97 Å². The summed E-state index contributed by atoms with van der Waals surface area (Å²) in [7, 11) is 0. The van der Waals surface area contributed by atoms with Gasteiger partial charge in [0.2, 0.25) is 5.89 Å². The predicted octanol–water partition coefficient (Wildman–Crippen LogP) is 4.16. The maximum absolute atomic E-state index is 12.6. The van der Waals surface area contributed by atoms with E-state index in [0.717, 1.165) is 31.5 Å². The van der Waals surface area contributed by atoms with Gasteiger partial charge in [0.15, 0.2) is 6.10 Å². The Hall–Kier alpha value is -3.75. The van der Waals surface area contributed by atoms with Crippen LogP contribution in [-0.4, -0.2) is 34.2 Å². The highest BCUT2D eigenvalue weighted by Crippen LogP contribution is 2.32. The number of aromatic nitrogens is 2. The molecule has 0 N–H and O–H groups in total. The summed E-state index contributed by atoms with van der Waals surface area (Å²) in [5, 5.41) is 19.4. The molecule has 1 aromatic heterocycles. The Bertz CT molecular complexity index is 1060. The van der Waals surface area contributed by atoms with Crippen molar-refractivity contribution >= 4 is 17.3 Å². The Kier molecular flexibility index (Phi) is 5.42. The minimum absolute atomic E-state index is 0.0966. The summed E-state index contributed by atoms with van der Waals surface area (Å²) in [5.74, 6) is -0.234. The van der Waals surface area contributed by atoms with Crippen LogP contribution in [0.15, 0.2) is 52.9 Å². The molecule has 2 aromatic carbocycles. The molecule has 0 spiro atoms. The van der Waals surface area contributed by atoms with Crippen molar-refractivity contribution in [3.8, 4) is 11.5 Å². The van der Waals surface area contributed by atoms with E-state index in [2.05, 4.69) is 10.2 Å². The van der Waals surface area contributed by atoms with E-state index >= 15 is 0 Å². The zero-order valence-corrected chi connectivity index (χ0v) is 16.4. The molecule has 0 amide bonds. The Morgan fingerprint density at radius 1 is 1.17 bits per heavy atom. The molecule has 0 unspecified atom stereocenters. The average molecular weight is 408 g/mol. The summed E-state index contributed by atoms with van der Waals surface area (Å²) in [5.41, 5.74) is 1.26. The molecule has 1 aliphatic rings. The minimum Gasteiger partial charge on any atom is -0.449 e. The first-order valence-corrected chi connectivity index (χ1v) is 9.66. The van der Waals surface area contributed by atoms with Crippen LogP contribution in [-0.2, 0) is 4.74 Å². The monoisotopic (exact) mass is 408 g/mol. The van der Waals surface area contributed by atoms with Crippen LogP contribution in [0.3, 0.4) is 0 Å². The zero-order chi connectivity index (χ0) is 21.1. The van der Waals surface area contributed by atoms with E-state index in [9.17, 15) is 14.9 Å². The fourth-order valence-corrected chi connectivity index (χ4v) is 3.40. The molecule has 9 heteroatoms. The van der Waals surface area contributed by atoms with Crippen molar-refractivity contribution in [2.45, 2.75) is 25.9 Å². The minimum atomic E-state index is -0.806. The van der Waals surface area contributed by atoms with Gasteiger partial charge in [0.25, 0.3) is 11.6 Å². The number of carbonyl (C=O) groups is 1. The third kappa shape index (κ3) is 4.00. The molecule has 0 radical (unpaired) electrons. The number of carbonyl (C=O) groups excluding carboxylic acids is 1. The number of nitro groups is 1. The van der Waals surface area contributed by atoms with Crippen molar-refractivity contribution in [3.63, 3.8) is 0 Å². The van der Waals surface area contributed by atoms with E-state index in [1.807, 2.05) is 35.2 Å². The highest BCUT2D eigenvalue weighted by molar-refractivity contribution is 5.91. The largest absolute Gasteiger partial charge is 0.449 e. The van der Waals surface area contributed by atoms with Gasteiger partial charge in [-0.3, -0.25) is 10.1 Å². The second kappa shape index (κ2) is 8.32. The number of hydrogen-bond acceptors (Lipinski definition) is 8. The Balaban J connectivity index is 1.50. The normalized spacial score (nSPS) is 14.5.